The summed E-state index contributed by atoms with van der Waals surface area (Å²) in [7, 11) is 0. The van der Waals surface area contributed by atoms with Crippen molar-refractivity contribution in [1.29, 1.82) is 0 Å². The number of aromatic nitrogens is 2. The van der Waals surface area contributed by atoms with Crippen molar-refractivity contribution in [3.63, 3.8) is 0 Å². The monoisotopic (exact) mass is 798 g/mol. The molecule has 0 spiro atoms. The van der Waals surface area contributed by atoms with Crippen LogP contribution in [-0.4, -0.2) is 101 Å². The zero-order valence-corrected chi connectivity index (χ0v) is 32.8. The van der Waals surface area contributed by atoms with E-state index in [4.69, 9.17) is 4.74 Å². The summed E-state index contributed by atoms with van der Waals surface area (Å²) in [6.07, 6.45) is 10.1. The summed E-state index contributed by atoms with van der Waals surface area (Å²) in [5, 5.41) is 8.74. The van der Waals surface area contributed by atoms with E-state index in [9.17, 15) is 23.6 Å². The number of halogens is 2. The number of likely N-dealkylation sites (tertiary alicyclic amines) is 2. The highest BCUT2D eigenvalue weighted by atomic mass is 19.1. The molecule has 1 atom stereocenters. The lowest BCUT2D eigenvalue weighted by Gasteiger charge is -2.42. The first kappa shape index (κ1) is 39.6. The zero-order valence-electron chi connectivity index (χ0n) is 32.8. The number of hydrogen-bond acceptors (Lipinski definition) is 10. The molecule has 4 aliphatic heterocycles. The first-order chi connectivity index (χ1) is 28.2. The van der Waals surface area contributed by atoms with Crippen LogP contribution >= 0.6 is 0 Å². The lowest BCUT2D eigenvalue weighted by atomic mass is 9.87. The van der Waals surface area contributed by atoms with Gasteiger partial charge in [0.1, 0.15) is 23.7 Å². The minimum atomic E-state index is -0.556. The van der Waals surface area contributed by atoms with Gasteiger partial charge in [-0.2, -0.15) is 0 Å². The molecule has 0 bridgehead atoms. The number of carbonyl (C=O) groups is 4. The Bertz CT molecular complexity index is 1990. The van der Waals surface area contributed by atoms with Crippen LogP contribution < -0.4 is 20.9 Å². The third-order valence-corrected chi connectivity index (χ3v) is 12.6. The molecule has 58 heavy (non-hydrogen) atoms. The van der Waals surface area contributed by atoms with E-state index in [-0.39, 0.29) is 59.8 Å². The van der Waals surface area contributed by atoms with E-state index in [1.54, 1.807) is 11.0 Å². The lowest BCUT2D eigenvalue weighted by molar-refractivity contribution is -0.133. The number of imide groups is 1. The van der Waals surface area contributed by atoms with Crippen LogP contribution in [0.1, 0.15) is 95.0 Å². The molecule has 4 amide bonds. The summed E-state index contributed by atoms with van der Waals surface area (Å²) < 4.78 is 36.2. The van der Waals surface area contributed by atoms with Crippen molar-refractivity contribution in [1.82, 2.24) is 25.1 Å². The van der Waals surface area contributed by atoms with E-state index in [0.717, 1.165) is 70.1 Å². The summed E-state index contributed by atoms with van der Waals surface area (Å²) in [5.41, 5.74) is 2.73. The fourth-order valence-electron chi connectivity index (χ4n) is 9.23. The minimum Gasteiger partial charge on any atom is -0.446 e. The summed E-state index contributed by atoms with van der Waals surface area (Å²) in [4.78, 5) is 64.0. The molecule has 308 valence electrons. The molecule has 3 N–H and O–H groups in total. The van der Waals surface area contributed by atoms with Crippen molar-refractivity contribution in [3.8, 4) is 11.3 Å². The number of anilines is 3. The van der Waals surface area contributed by atoms with Gasteiger partial charge >= 0.3 is 6.09 Å². The van der Waals surface area contributed by atoms with Gasteiger partial charge < -0.3 is 30.1 Å². The maximum absolute atomic E-state index is 15.3. The average molecular weight is 799 g/mol. The number of piperidine rings is 4. The van der Waals surface area contributed by atoms with Crippen LogP contribution in [0.2, 0.25) is 0 Å². The summed E-state index contributed by atoms with van der Waals surface area (Å²) >= 11 is 0. The van der Waals surface area contributed by atoms with Crippen LogP contribution in [0.25, 0.3) is 11.3 Å². The van der Waals surface area contributed by atoms with Crippen LogP contribution in [0.3, 0.4) is 0 Å². The molecule has 5 fully saturated rings. The van der Waals surface area contributed by atoms with Gasteiger partial charge in [-0.05, 0) is 119 Å². The number of benzene rings is 2. The van der Waals surface area contributed by atoms with Crippen molar-refractivity contribution in [2.45, 2.75) is 114 Å². The van der Waals surface area contributed by atoms with Gasteiger partial charge in [-0.25, -0.2) is 23.5 Å². The molecular formula is C43H52F2N8O5. The Morgan fingerprint density at radius 1 is 0.810 bits per heavy atom. The molecule has 0 radical (unpaired) electrons. The van der Waals surface area contributed by atoms with E-state index in [1.807, 2.05) is 35.2 Å². The molecule has 8 rings (SSSR count). The Hall–Kier alpha value is -5.18. The second-order valence-corrected chi connectivity index (χ2v) is 16.4. The Balaban J connectivity index is 0.754. The van der Waals surface area contributed by atoms with E-state index >= 15 is 4.39 Å². The third-order valence-electron chi connectivity index (χ3n) is 12.6. The maximum atomic E-state index is 15.3. The van der Waals surface area contributed by atoms with Crippen molar-refractivity contribution in [2.75, 3.05) is 48.3 Å². The molecule has 1 aromatic heterocycles. The Morgan fingerprint density at radius 3 is 2.34 bits per heavy atom. The van der Waals surface area contributed by atoms with E-state index < -0.39 is 11.9 Å². The van der Waals surface area contributed by atoms with Crippen molar-refractivity contribution >= 4 is 41.1 Å². The van der Waals surface area contributed by atoms with Gasteiger partial charge in [0.15, 0.2) is 5.82 Å². The van der Waals surface area contributed by atoms with Gasteiger partial charge in [-0.15, -0.1) is 0 Å². The van der Waals surface area contributed by atoms with Gasteiger partial charge in [0.05, 0.1) is 6.20 Å². The van der Waals surface area contributed by atoms with Crippen molar-refractivity contribution in [3.05, 3.63) is 65.9 Å². The van der Waals surface area contributed by atoms with E-state index in [0.29, 0.717) is 74.1 Å². The molecule has 13 nitrogen and oxygen atoms in total. The second-order valence-electron chi connectivity index (χ2n) is 16.4. The van der Waals surface area contributed by atoms with Gasteiger partial charge in [-0.1, -0.05) is 18.2 Å². The molecular weight excluding hydrogens is 747 g/mol. The fraction of sp³-hybridized carbons (Fsp3) is 0.535. The first-order valence-electron chi connectivity index (χ1n) is 21.0. The predicted octanol–water partition coefficient (Wildman–Crippen LogP) is 6.36. The fourth-order valence-corrected chi connectivity index (χ4v) is 9.23. The number of carbonyl (C=O) groups excluding carboxylic acids is 4. The van der Waals surface area contributed by atoms with E-state index in [1.165, 1.54) is 12.3 Å². The zero-order chi connectivity index (χ0) is 40.2. The number of amides is 4. The van der Waals surface area contributed by atoms with Gasteiger partial charge in [0, 0.05) is 61.5 Å². The molecule has 1 saturated carbocycles. The predicted molar refractivity (Wildman–Crippen MR) is 214 cm³/mol. The number of nitrogens with zero attached hydrogens (tertiary/aromatic N) is 5. The van der Waals surface area contributed by atoms with Crippen LogP contribution in [0.4, 0.5) is 30.9 Å². The van der Waals surface area contributed by atoms with Crippen LogP contribution in [0.15, 0.2) is 48.7 Å². The topological polar surface area (TPSA) is 149 Å². The van der Waals surface area contributed by atoms with Gasteiger partial charge in [0.25, 0.3) is 0 Å². The maximum Gasteiger partial charge on any atom is 0.410 e. The molecule has 5 heterocycles. The molecule has 5 aliphatic rings. The highest BCUT2D eigenvalue weighted by molar-refractivity contribution is 6.01. The normalized spacial score (nSPS) is 24.0. The van der Waals surface area contributed by atoms with Crippen molar-refractivity contribution in [2.24, 2.45) is 0 Å². The van der Waals surface area contributed by atoms with Crippen LogP contribution in [0, 0.1) is 11.6 Å². The highest BCUT2D eigenvalue weighted by Crippen LogP contribution is 2.34. The smallest absolute Gasteiger partial charge is 0.410 e. The highest BCUT2D eigenvalue weighted by Gasteiger charge is 2.33. The standard InChI is InChI=1S/C43H52F2N8O5/c44-35-25-30(47-37-13-14-38(54)49-41(37)56)9-12-34(35)27-15-20-51(21-16-27)31-17-22-52(23-18-31)43(57)58-33-10-7-29(8-11-33)48-42-46-26-36(45)40(50-42)28-4-3-5-32(24-28)53-19-2-1-6-39(53)55/h3-5,9,12,24-27,29,31,33,37,47H,1-2,6-8,10-11,13-23H2,(H,46,48,50)(H,49,54,56). The Labute approximate surface area is 337 Å². The second kappa shape index (κ2) is 17.8. The molecule has 3 aromatic rings. The number of hydrogen-bond donors (Lipinski definition) is 3. The largest absolute Gasteiger partial charge is 0.446 e. The SMILES string of the molecule is O=C1CCC(Nc2ccc(C3CCN(C4CCN(C(=O)OC5CCC(Nc6ncc(F)c(-c7cccc(N8CCCCC8=O)c7)n6)CC5)CC4)CC3)c(F)c2)C(=O)N1. The Kier molecular flexibility index (Phi) is 12.1. The number of nitrogens with one attached hydrogen (secondary N) is 3. The van der Waals surface area contributed by atoms with Gasteiger partial charge in [-0.3, -0.25) is 19.7 Å². The molecule has 1 aliphatic carbocycles. The summed E-state index contributed by atoms with van der Waals surface area (Å²) in [6, 6.07) is 12.2. The van der Waals surface area contributed by atoms with Crippen LogP contribution in [-0.2, 0) is 19.1 Å². The number of ether oxygens (including phenoxy) is 1. The summed E-state index contributed by atoms with van der Waals surface area (Å²) in [5.74, 6) is -0.952. The van der Waals surface area contributed by atoms with Crippen molar-refractivity contribution < 1.29 is 32.7 Å². The number of rotatable bonds is 9. The third kappa shape index (κ3) is 9.24. The molecule has 15 heteroatoms. The minimum absolute atomic E-state index is 0.0586. The first-order valence-corrected chi connectivity index (χ1v) is 21.0. The lowest BCUT2D eigenvalue weighted by Crippen LogP contribution is -2.49. The quantitative estimate of drug-likeness (QED) is 0.209. The molecule has 4 saturated heterocycles. The summed E-state index contributed by atoms with van der Waals surface area (Å²) in [6.45, 7) is 3.66. The van der Waals surface area contributed by atoms with E-state index in [2.05, 4.69) is 30.8 Å². The van der Waals surface area contributed by atoms with Crippen LogP contribution in [0.5, 0.6) is 0 Å². The molecule has 1 unspecified atom stereocenters. The average Bonchev–Trinajstić information content (AvgIpc) is 3.24. The van der Waals surface area contributed by atoms with Gasteiger partial charge in [0.2, 0.25) is 23.7 Å². The molecule has 2 aromatic carbocycles. The Morgan fingerprint density at radius 2 is 1.60 bits per heavy atom.